The fraction of sp³-hybridized carbons (Fsp3) is 1.00. The van der Waals surface area contributed by atoms with Crippen LogP contribution in [0.25, 0.3) is 0 Å². The fourth-order valence-electron chi connectivity index (χ4n) is 1.79. The molecule has 0 aromatic rings. The smallest absolute Gasteiger partial charge is 0.154 e. The third kappa shape index (κ3) is 3.71. The standard InChI is InChI=1S/C9H19NO4S/c1-7(11)3-4-10(2)8-5-15(13,14)6-9(8)12/h7-9,11-12H,3-6H2,1-2H3. The highest BCUT2D eigenvalue weighted by molar-refractivity contribution is 7.91. The maximum Gasteiger partial charge on any atom is 0.154 e. The van der Waals surface area contributed by atoms with Gasteiger partial charge in [0.1, 0.15) is 0 Å². The zero-order valence-corrected chi connectivity index (χ0v) is 9.94. The zero-order valence-electron chi connectivity index (χ0n) is 9.13. The zero-order chi connectivity index (χ0) is 11.6. The van der Waals surface area contributed by atoms with E-state index in [1.807, 2.05) is 4.90 Å². The third-order valence-electron chi connectivity index (χ3n) is 2.76. The van der Waals surface area contributed by atoms with Crippen LogP contribution in [-0.2, 0) is 9.84 Å². The van der Waals surface area contributed by atoms with Gasteiger partial charge in [0, 0.05) is 6.54 Å². The summed E-state index contributed by atoms with van der Waals surface area (Å²) in [7, 11) is -1.31. The number of hydrogen-bond donors (Lipinski definition) is 2. The molecule has 0 aliphatic carbocycles. The Kier molecular flexibility index (Phi) is 4.11. The summed E-state index contributed by atoms with van der Waals surface area (Å²) in [5, 5.41) is 18.7. The maximum atomic E-state index is 11.3. The van der Waals surface area contributed by atoms with Crippen molar-refractivity contribution in [2.75, 3.05) is 25.1 Å². The van der Waals surface area contributed by atoms with Gasteiger partial charge in [-0.2, -0.15) is 0 Å². The molecule has 6 heteroatoms. The van der Waals surface area contributed by atoms with Crippen molar-refractivity contribution in [2.24, 2.45) is 0 Å². The summed E-state index contributed by atoms with van der Waals surface area (Å²) in [5.41, 5.74) is 0. The Balaban J connectivity index is 2.50. The van der Waals surface area contributed by atoms with Crippen molar-refractivity contribution in [3.8, 4) is 0 Å². The van der Waals surface area contributed by atoms with E-state index in [0.717, 1.165) is 0 Å². The lowest BCUT2D eigenvalue weighted by molar-refractivity contribution is 0.0863. The van der Waals surface area contributed by atoms with Crippen LogP contribution in [0.1, 0.15) is 13.3 Å². The van der Waals surface area contributed by atoms with Crippen molar-refractivity contribution in [3.63, 3.8) is 0 Å². The van der Waals surface area contributed by atoms with Gasteiger partial charge in [-0.1, -0.05) is 0 Å². The van der Waals surface area contributed by atoms with Gasteiger partial charge < -0.3 is 10.2 Å². The quantitative estimate of drug-likeness (QED) is 0.645. The summed E-state index contributed by atoms with van der Waals surface area (Å²) in [6.45, 7) is 2.28. The molecule has 1 rings (SSSR count). The highest BCUT2D eigenvalue weighted by Crippen LogP contribution is 2.17. The van der Waals surface area contributed by atoms with E-state index in [2.05, 4.69) is 0 Å². The second-order valence-electron chi connectivity index (χ2n) is 4.33. The van der Waals surface area contributed by atoms with Gasteiger partial charge in [0.25, 0.3) is 0 Å². The van der Waals surface area contributed by atoms with Crippen LogP contribution in [0.2, 0.25) is 0 Å². The third-order valence-corrected chi connectivity index (χ3v) is 4.46. The molecule has 0 amide bonds. The Morgan fingerprint density at radius 1 is 1.47 bits per heavy atom. The van der Waals surface area contributed by atoms with Gasteiger partial charge in [0.2, 0.25) is 0 Å². The first-order chi connectivity index (χ1) is 6.82. The maximum absolute atomic E-state index is 11.3. The predicted octanol–water partition coefficient (Wildman–Crippen LogP) is -1.15. The molecule has 1 heterocycles. The first kappa shape index (κ1) is 12.9. The lowest BCUT2D eigenvalue weighted by Gasteiger charge is -2.26. The van der Waals surface area contributed by atoms with Crippen LogP contribution in [0.5, 0.6) is 0 Å². The van der Waals surface area contributed by atoms with E-state index in [-0.39, 0.29) is 17.5 Å². The van der Waals surface area contributed by atoms with Gasteiger partial charge in [-0.3, -0.25) is 4.90 Å². The largest absolute Gasteiger partial charge is 0.393 e. The molecule has 3 atom stereocenters. The van der Waals surface area contributed by atoms with Gasteiger partial charge >= 0.3 is 0 Å². The number of nitrogens with zero attached hydrogens (tertiary/aromatic N) is 1. The monoisotopic (exact) mass is 237 g/mol. The summed E-state index contributed by atoms with van der Waals surface area (Å²) in [5.74, 6) is -0.124. The van der Waals surface area contributed by atoms with E-state index in [9.17, 15) is 13.5 Å². The second-order valence-corrected chi connectivity index (χ2v) is 6.48. The van der Waals surface area contributed by atoms with Crippen LogP contribution in [0, 0.1) is 0 Å². The number of rotatable bonds is 4. The Morgan fingerprint density at radius 2 is 2.07 bits per heavy atom. The number of likely N-dealkylation sites (N-methyl/N-ethyl adjacent to an activating group) is 1. The molecule has 15 heavy (non-hydrogen) atoms. The summed E-state index contributed by atoms with van der Waals surface area (Å²) in [6, 6.07) is -0.325. The molecule has 0 saturated carbocycles. The summed E-state index contributed by atoms with van der Waals surface area (Å²) in [6.07, 6.45) is -0.614. The Bertz CT molecular complexity index is 301. The summed E-state index contributed by atoms with van der Waals surface area (Å²) < 4.78 is 22.5. The van der Waals surface area contributed by atoms with Crippen molar-refractivity contribution in [3.05, 3.63) is 0 Å². The summed E-state index contributed by atoms with van der Waals surface area (Å²) in [4.78, 5) is 1.81. The first-order valence-corrected chi connectivity index (χ1v) is 6.91. The lowest BCUT2D eigenvalue weighted by atomic mass is 10.1. The topological polar surface area (TPSA) is 77.8 Å². The average Bonchev–Trinajstić information content (AvgIpc) is 2.35. The highest BCUT2D eigenvalue weighted by Gasteiger charge is 2.38. The van der Waals surface area contributed by atoms with Crippen LogP contribution in [0.3, 0.4) is 0 Å². The second kappa shape index (κ2) is 4.78. The van der Waals surface area contributed by atoms with E-state index >= 15 is 0 Å². The molecule has 3 unspecified atom stereocenters. The van der Waals surface area contributed by atoms with E-state index in [1.165, 1.54) is 0 Å². The molecular formula is C9H19NO4S. The lowest BCUT2D eigenvalue weighted by Crippen LogP contribution is -2.41. The van der Waals surface area contributed by atoms with Crippen molar-refractivity contribution in [1.29, 1.82) is 0 Å². The number of hydrogen-bond acceptors (Lipinski definition) is 5. The normalized spacial score (nSPS) is 32.1. The van der Waals surface area contributed by atoms with Gasteiger partial charge in [0.15, 0.2) is 9.84 Å². The Morgan fingerprint density at radius 3 is 2.47 bits per heavy atom. The summed E-state index contributed by atoms with van der Waals surface area (Å²) >= 11 is 0. The molecular weight excluding hydrogens is 218 g/mol. The molecule has 2 N–H and O–H groups in total. The predicted molar refractivity (Wildman–Crippen MR) is 57.4 cm³/mol. The minimum atomic E-state index is -3.08. The first-order valence-electron chi connectivity index (χ1n) is 5.08. The van der Waals surface area contributed by atoms with Crippen LogP contribution in [0.4, 0.5) is 0 Å². The van der Waals surface area contributed by atoms with Crippen LogP contribution in [-0.4, -0.2) is 66.9 Å². The molecule has 0 bridgehead atoms. The molecule has 0 radical (unpaired) electrons. The van der Waals surface area contributed by atoms with Gasteiger partial charge in [-0.15, -0.1) is 0 Å². The van der Waals surface area contributed by atoms with Crippen LogP contribution >= 0.6 is 0 Å². The molecule has 0 aromatic heterocycles. The fourth-order valence-corrected chi connectivity index (χ4v) is 3.66. The molecule has 90 valence electrons. The minimum absolute atomic E-state index is 0.0183. The molecule has 1 saturated heterocycles. The number of aliphatic hydroxyl groups is 2. The molecule has 0 aromatic carbocycles. The van der Waals surface area contributed by atoms with Crippen molar-refractivity contribution in [1.82, 2.24) is 4.90 Å². The number of aliphatic hydroxyl groups excluding tert-OH is 2. The van der Waals surface area contributed by atoms with Gasteiger partial charge in [-0.25, -0.2) is 8.42 Å². The molecule has 1 aliphatic heterocycles. The van der Waals surface area contributed by atoms with E-state index in [4.69, 9.17) is 5.11 Å². The van der Waals surface area contributed by atoms with E-state index in [1.54, 1.807) is 14.0 Å². The number of sulfone groups is 1. The van der Waals surface area contributed by atoms with Gasteiger partial charge in [0.05, 0.1) is 29.8 Å². The van der Waals surface area contributed by atoms with Crippen molar-refractivity contribution < 1.29 is 18.6 Å². The Hall–Kier alpha value is -0.170. The van der Waals surface area contributed by atoms with Crippen LogP contribution in [0.15, 0.2) is 0 Å². The Labute approximate surface area is 90.6 Å². The minimum Gasteiger partial charge on any atom is -0.393 e. The molecule has 1 fully saturated rings. The molecule has 5 nitrogen and oxygen atoms in total. The van der Waals surface area contributed by atoms with E-state index in [0.29, 0.717) is 13.0 Å². The SMILES string of the molecule is CC(O)CCN(C)C1CS(=O)(=O)CC1O. The van der Waals surface area contributed by atoms with Gasteiger partial charge in [-0.05, 0) is 20.4 Å². The van der Waals surface area contributed by atoms with Crippen molar-refractivity contribution in [2.45, 2.75) is 31.6 Å². The molecule has 0 spiro atoms. The van der Waals surface area contributed by atoms with E-state index < -0.39 is 22.0 Å². The van der Waals surface area contributed by atoms with Crippen molar-refractivity contribution >= 4 is 9.84 Å². The average molecular weight is 237 g/mol. The highest BCUT2D eigenvalue weighted by atomic mass is 32.2. The van der Waals surface area contributed by atoms with Crippen LogP contribution < -0.4 is 0 Å². The molecule has 1 aliphatic rings.